The highest BCUT2D eigenvalue weighted by Gasteiger charge is 2.53. The zero-order chi connectivity index (χ0) is 21.9. The molecule has 1 N–H and O–H groups in total. The molecule has 0 bridgehead atoms. The first-order valence-corrected chi connectivity index (χ1v) is 12.7. The smallest absolute Gasteiger partial charge is 0.242 e. The second-order valence-corrected chi connectivity index (χ2v) is 11.2. The quantitative estimate of drug-likeness (QED) is 0.710. The second kappa shape index (κ2) is 9.27. The first-order chi connectivity index (χ1) is 14.9. The van der Waals surface area contributed by atoms with Crippen LogP contribution in [0.3, 0.4) is 0 Å². The fourth-order valence-electron chi connectivity index (χ4n) is 4.68. The minimum absolute atomic E-state index is 0.00891. The molecule has 1 saturated heterocycles. The number of carbonyl (C=O) groups is 1. The molecule has 0 atom stereocenters. The van der Waals surface area contributed by atoms with Gasteiger partial charge in [0, 0.05) is 36.9 Å². The minimum atomic E-state index is -3.81. The monoisotopic (exact) mass is 461 g/mol. The summed E-state index contributed by atoms with van der Waals surface area (Å²) < 4.78 is 25.6. The molecule has 1 aliphatic carbocycles. The maximum Gasteiger partial charge on any atom is 0.242 e. The number of hydrogen-bond donors (Lipinski definition) is 1. The van der Waals surface area contributed by atoms with Crippen molar-refractivity contribution in [1.29, 1.82) is 0 Å². The van der Waals surface area contributed by atoms with Crippen LogP contribution < -0.4 is 5.32 Å². The van der Waals surface area contributed by atoms with Crippen LogP contribution in [0, 0.1) is 0 Å². The molecule has 1 amide bonds. The van der Waals surface area contributed by atoms with Crippen LogP contribution in [-0.2, 0) is 21.2 Å². The number of piperidine rings is 1. The molecule has 6 nitrogen and oxygen atoms in total. The summed E-state index contributed by atoms with van der Waals surface area (Å²) in [5.74, 6) is -0.344. The molecule has 1 aliphatic heterocycles. The van der Waals surface area contributed by atoms with Gasteiger partial charge in [0.2, 0.25) is 5.91 Å². The highest BCUT2D eigenvalue weighted by atomic mass is 35.5. The van der Waals surface area contributed by atoms with E-state index in [-0.39, 0.29) is 16.8 Å². The third-order valence-corrected chi connectivity index (χ3v) is 9.27. The van der Waals surface area contributed by atoms with Crippen molar-refractivity contribution < 1.29 is 13.2 Å². The van der Waals surface area contributed by atoms with Crippen molar-refractivity contribution in [3.63, 3.8) is 0 Å². The Bertz CT molecular complexity index is 998. The molecule has 2 fully saturated rings. The largest absolute Gasteiger partial charge is 0.352 e. The van der Waals surface area contributed by atoms with Crippen LogP contribution in [-0.4, -0.2) is 48.1 Å². The van der Waals surface area contributed by atoms with E-state index in [1.807, 2.05) is 18.2 Å². The van der Waals surface area contributed by atoms with Gasteiger partial charge in [-0.3, -0.25) is 14.7 Å². The zero-order valence-electron chi connectivity index (χ0n) is 17.5. The predicted molar refractivity (Wildman–Crippen MR) is 121 cm³/mol. The number of sulfone groups is 1. The van der Waals surface area contributed by atoms with Crippen LogP contribution in [0.4, 0.5) is 0 Å². The summed E-state index contributed by atoms with van der Waals surface area (Å²) in [6.45, 7) is 2.48. The average Bonchev–Trinajstić information content (AvgIpc) is 3.28. The van der Waals surface area contributed by atoms with Crippen LogP contribution in [0.1, 0.15) is 44.2 Å². The Labute approximate surface area is 188 Å². The summed E-state index contributed by atoms with van der Waals surface area (Å²) in [6, 6.07) is 12.0. The third kappa shape index (κ3) is 4.64. The number of aromatic nitrogens is 1. The number of nitrogens with one attached hydrogen (secondary N) is 1. The maximum atomic E-state index is 13.5. The Balaban J connectivity index is 1.42. The van der Waals surface area contributed by atoms with Crippen molar-refractivity contribution in [2.24, 2.45) is 0 Å². The van der Waals surface area contributed by atoms with E-state index >= 15 is 0 Å². The number of likely N-dealkylation sites (tertiary alicyclic amines) is 1. The Morgan fingerprint density at radius 2 is 1.77 bits per heavy atom. The van der Waals surface area contributed by atoms with Crippen molar-refractivity contribution in [3.8, 4) is 0 Å². The van der Waals surface area contributed by atoms with Gasteiger partial charge in [-0.25, -0.2) is 8.42 Å². The summed E-state index contributed by atoms with van der Waals surface area (Å²) in [5.41, 5.74) is 1.03. The molecular weight excluding hydrogens is 434 g/mol. The molecular formula is C23H28ClN3O3S. The van der Waals surface area contributed by atoms with Crippen molar-refractivity contribution in [3.05, 3.63) is 59.4 Å². The van der Waals surface area contributed by atoms with E-state index in [0.29, 0.717) is 17.9 Å². The van der Waals surface area contributed by atoms with Gasteiger partial charge < -0.3 is 5.32 Å². The molecule has 1 saturated carbocycles. The van der Waals surface area contributed by atoms with Gasteiger partial charge in [0.25, 0.3) is 0 Å². The molecule has 2 aromatic rings. The van der Waals surface area contributed by atoms with Crippen molar-refractivity contribution in [2.45, 2.75) is 60.8 Å². The summed E-state index contributed by atoms with van der Waals surface area (Å²) in [7, 11) is -3.81. The lowest BCUT2D eigenvalue weighted by Crippen LogP contribution is -2.55. The highest BCUT2D eigenvalue weighted by molar-refractivity contribution is 7.93. The number of rotatable bonds is 6. The van der Waals surface area contributed by atoms with E-state index in [0.717, 1.165) is 51.0 Å². The summed E-state index contributed by atoms with van der Waals surface area (Å²) in [5, 5.41) is 3.56. The average molecular weight is 462 g/mol. The van der Waals surface area contributed by atoms with Gasteiger partial charge in [-0.05, 0) is 62.1 Å². The van der Waals surface area contributed by atoms with Crippen LogP contribution in [0.5, 0.6) is 0 Å². The molecule has 2 aliphatic rings. The second-order valence-electron chi connectivity index (χ2n) is 8.50. The van der Waals surface area contributed by atoms with Crippen LogP contribution in [0.25, 0.3) is 0 Å². The van der Waals surface area contributed by atoms with E-state index in [1.165, 1.54) is 12.1 Å². The van der Waals surface area contributed by atoms with Crippen LogP contribution in [0.2, 0.25) is 5.02 Å². The SMILES string of the molecule is O=C(NC1CCN(Cc2ccccn2)CC1)C1(S(=O)(=O)c2ccc(Cl)cc2)CCCC1. The molecule has 1 aromatic heterocycles. The zero-order valence-corrected chi connectivity index (χ0v) is 19.0. The van der Waals surface area contributed by atoms with Crippen LogP contribution in [0.15, 0.2) is 53.6 Å². The van der Waals surface area contributed by atoms with Gasteiger partial charge in [0.15, 0.2) is 14.6 Å². The first-order valence-electron chi connectivity index (χ1n) is 10.8. The van der Waals surface area contributed by atoms with Crippen LogP contribution >= 0.6 is 11.6 Å². The summed E-state index contributed by atoms with van der Waals surface area (Å²) in [6.07, 6.45) is 5.60. The van der Waals surface area contributed by atoms with E-state index in [1.54, 1.807) is 18.3 Å². The molecule has 8 heteroatoms. The lowest BCUT2D eigenvalue weighted by molar-refractivity contribution is -0.124. The van der Waals surface area contributed by atoms with E-state index in [4.69, 9.17) is 11.6 Å². The number of nitrogens with zero attached hydrogens (tertiary/aromatic N) is 2. The predicted octanol–water partition coefficient (Wildman–Crippen LogP) is 3.60. The molecule has 1 aromatic carbocycles. The lowest BCUT2D eigenvalue weighted by atomic mass is 10.0. The molecule has 31 heavy (non-hydrogen) atoms. The number of pyridine rings is 1. The summed E-state index contributed by atoms with van der Waals surface area (Å²) in [4.78, 5) is 20.2. The van der Waals surface area contributed by atoms with E-state index in [9.17, 15) is 13.2 Å². The van der Waals surface area contributed by atoms with Gasteiger partial charge in [-0.1, -0.05) is 30.5 Å². The van der Waals surface area contributed by atoms with Gasteiger partial charge in [-0.15, -0.1) is 0 Å². The van der Waals surface area contributed by atoms with Gasteiger partial charge >= 0.3 is 0 Å². The maximum absolute atomic E-state index is 13.5. The van der Waals surface area contributed by atoms with Gasteiger partial charge in [-0.2, -0.15) is 0 Å². The number of carbonyl (C=O) groups excluding carboxylic acids is 1. The Hall–Kier alpha value is -1.96. The molecule has 0 spiro atoms. The lowest BCUT2D eigenvalue weighted by Gasteiger charge is -2.35. The molecule has 0 unspecified atom stereocenters. The Morgan fingerprint density at radius 3 is 2.39 bits per heavy atom. The molecule has 2 heterocycles. The standard InChI is InChI=1S/C23H28ClN3O3S/c24-18-6-8-21(9-7-18)31(29,30)23(12-2-3-13-23)22(28)26-19-10-15-27(16-11-19)17-20-5-1-4-14-25-20/h1,4-9,14,19H,2-3,10-13,15-17H2,(H,26,28). The first kappa shape index (κ1) is 22.2. The van der Waals surface area contributed by atoms with Gasteiger partial charge in [0.1, 0.15) is 0 Å². The Kier molecular flexibility index (Phi) is 6.65. The van der Waals surface area contributed by atoms with Crippen molar-refractivity contribution in [2.75, 3.05) is 13.1 Å². The highest BCUT2D eigenvalue weighted by Crippen LogP contribution is 2.41. The fourth-order valence-corrected chi connectivity index (χ4v) is 6.88. The number of hydrogen-bond acceptors (Lipinski definition) is 5. The van der Waals surface area contributed by atoms with Gasteiger partial charge in [0.05, 0.1) is 10.6 Å². The van der Waals surface area contributed by atoms with Crippen molar-refractivity contribution >= 4 is 27.3 Å². The fraction of sp³-hybridized carbons (Fsp3) is 0.478. The van der Waals surface area contributed by atoms with E-state index in [2.05, 4.69) is 15.2 Å². The number of benzene rings is 1. The number of halogens is 1. The third-order valence-electron chi connectivity index (χ3n) is 6.50. The van der Waals surface area contributed by atoms with Crippen molar-refractivity contribution in [1.82, 2.24) is 15.2 Å². The molecule has 0 radical (unpaired) electrons. The number of amides is 1. The van der Waals surface area contributed by atoms with E-state index < -0.39 is 14.6 Å². The normalized spacial score (nSPS) is 19.9. The molecule has 166 valence electrons. The Morgan fingerprint density at radius 1 is 1.10 bits per heavy atom. The summed E-state index contributed by atoms with van der Waals surface area (Å²) >= 11 is 5.93. The topological polar surface area (TPSA) is 79.4 Å². The molecule has 4 rings (SSSR count). The minimum Gasteiger partial charge on any atom is -0.352 e.